The van der Waals surface area contributed by atoms with Crippen molar-refractivity contribution < 1.29 is 23.0 Å². The van der Waals surface area contributed by atoms with E-state index in [0.29, 0.717) is 18.1 Å². The van der Waals surface area contributed by atoms with Crippen LogP contribution < -0.4 is 14.8 Å². The number of nitrogens with zero attached hydrogens (tertiary/aromatic N) is 1. The molecule has 0 saturated heterocycles. The molecule has 1 amide bonds. The molecule has 1 atom stereocenters. The van der Waals surface area contributed by atoms with E-state index < -0.39 is 11.6 Å². The molecule has 3 aromatic rings. The lowest BCUT2D eigenvalue weighted by molar-refractivity contribution is -0.121. The van der Waals surface area contributed by atoms with Gasteiger partial charge < -0.3 is 14.8 Å². The predicted octanol–water partition coefficient (Wildman–Crippen LogP) is 4.76. The van der Waals surface area contributed by atoms with Crippen LogP contribution in [-0.4, -0.2) is 18.0 Å². The van der Waals surface area contributed by atoms with Crippen LogP contribution in [0.3, 0.4) is 0 Å². The van der Waals surface area contributed by atoms with E-state index in [4.69, 9.17) is 9.47 Å². The molecule has 162 valence electrons. The van der Waals surface area contributed by atoms with E-state index >= 15 is 0 Å². The third kappa shape index (κ3) is 6.25. The van der Waals surface area contributed by atoms with Gasteiger partial charge in [0.25, 0.3) is 0 Å². The maximum Gasteiger partial charge on any atom is 0.220 e. The van der Waals surface area contributed by atoms with Gasteiger partial charge in [0.15, 0.2) is 11.5 Å². The molecule has 5 nitrogen and oxygen atoms in total. The number of halogens is 2. The molecule has 0 aliphatic heterocycles. The van der Waals surface area contributed by atoms with Crippen molar-refractivity contribution in [2.24, 2.45) is 0 Å². The van der Waals surface area contributed by atoms with Crippen LogP contribution in [0.1, 0.15) is 36.1 Å². The average Bonchev–Trinajstić information content (AvgIpc) is 2.78. The summed E-state index contributed by atoms with van der Waals surface area (Å²) in [7, 11) is 1.55. The van der Waals surface area contributed by atoms with Crippen molar-refractivity contribution in [3.05, 3.63) is 89.2 Å². The quantitative estimate of drug-likeness (QED) is 0.536. The number of benzene rings is 2. The number of hydrogen-bond acceptors (Lipinski definition) is 4. The molecule has 7 heteroatoms. The molecule has 1 unspecified atom stereocenters. The number of hydrogen-bond donors (Lipinski definition) is 1. The second-order valence-corrected chi connectivity index (χ2v) is 7.08. The highest BCUT2D eigenvalue weighted by Gasteiger charge is 2.14. The van der Waals surface area contributed by atoms with Crippen LogP contribution in [0.25, 0.3) is 0 Å². The number of aryl methyl sites for hydroxylation is 1. The minimum Gasteiger partial charge on any atom is -0.493 e. The zero-order valence-corrected chi connectivity index (χ0v) is 17.4. The Kier molecular flexibility index (Phi) is 7.54. The summed E-state index contributed by atoms with van der Waals surface area (Å²) in [5, 5.41) is 2.87. The molecule has 0 spiro atoms. The Morgan fingerprint density at radius 3 is 2.58 bits per heavy atom. The van der Waals surface area contributed by atoms with Crippen LogP contribution in [0.4, 0.5) is 8.78 Å². The lowest BCUT2D eigenvalue weighted by atomic mass is 10.1. The van der Waals surface area contributed by atoms with Gasteiger partial charge in [0.2, 0.25) is 5.91 Å². The van der Waals surface area contributed by atoms with Gasteiger partial charge in [-0.1, -0.05) is 6.07 Å². The Morgan fingerprint density at radius 1 is 1.06 bits per heavy atom. The van der Waals surface area contributed by atoms with Crippen LogP contribution in [0.2, 0.25) is 0 Å². The van der Waals surface area contributed by atoms with Crippen LogP contribution in [0, 0.1) is 11.6 Å². The number of carbonyl (C=O) groups is 1. The van der Waals surface area contributed by atoms with Crippen LogP contribution in [-0.2, 0) is 17.8 Å². The van der Waals surface area contributed by atoms with Gasteiger partial charge in [0.05, 0.1) is 13.2 Å². The van der Waals surface area contributed by atoms with Crippen molar-refractivity contribution in [1.29, 1.82) is 0 Å². The highest BCUT2D eigenvalue weighted by Crippen LogP contribution is 2.31. The third-order valence-corrected chi connectivity index (χ3v) is 4.84. The van der Waals surface area contributed by atoms with Crippen molar-refractivity contribution in [2.75, 3.05) is 7.11 Å². The SMILES string of the molecule is COc1cc(C(C)NC(=O)CCc2cc(F)ccc2F)ccc1OCc1ccncc1. The number of rotatable bonds is 9. The van der Waals surface area contributed by atoms with Crippen LogP contribution >= 0.6 is 0 Å². The van der Waals surface area contributed by atoms with Crippen molar-refractivity contribution in [3.63, 3.8) is 0 Å². The number of amides is 1. The summed E-state index contributed by atoms with van der Waals surface area (Å²) in [6, 6.07) is 12.1. The number of nitrogens with one attached hydrogen (secondary N) is 1. The minimum atomic E-state index is -0.525. The number of pyridine rings is 1. The van der Waals surface area contributed by atoms with E-state index in [-0.39, 0.29) is 30.4 Å². The Labute approximate surface area is 180 Å². The Morgan fingerprint density at radius 2 is 1.84 bits per heavy atom. The lowest BCUT2D eigenvalue weighted by Gasteiger charge is -2.17. The van der Waals surface area contributed by atoms with Gasteiger partial charge in [-0.3, -0.25) is 9.78 Å². The molecule has 1 N–H and O–H groups in total. The highest BCUT2D eigenvalue weighted by molar-refractivity contribution is 5.76. The zero-order chi connectivity index (χ0) is 22.2. The molecular formula is C24H24F2N2O3. The molecule has 3 rings (SSSR count). The minimum absolute atomic E-state index is 0.0506. The normalized spacial score (nSPS) is 11.6. The van der Waals surface area contributed by atoms with Crippen LogP contribution in [0.5, 0.6) is 11.5 Å². The maximum atomic E-state index is 13.7. The summed E-state index contributed by atoms with van der Waals surface area (Å²) in [6.45, 7) is 2.22. The first kappa shape index (κ1) is 22.2. The van der Waals surface area contributed by atoms with E-state index in [1.165, 1.54) is 0 Å². The van der Waals surface area contributed by atoms with Gasteiger partial charge in [-0.25, -0.2) is 8.78 Å². The molecule has 31 heavy (non-hydrogen) atoms. The van der Waals surface area contributed by atoms with Crippen molar-refractivity contribution in [1.82, 2.24) is 10.3 Å². The first-order chi connectivity index (χ1) is 15.0. The predicted molar refractivity (Wildman–Crippen MR) is 113 cm³/mol. The van der Waals surface area contributed by atoms with E-state index in [2.05, 4.69) is 10.3 Å². The zero-order valence-electron chi connectivity index (χ0n) is 17.4. The summed E-state index contributed by atoms with van der Waals surface area (Å²) in [5.41, 5.74) is 2.00. The standard InChI is InChI=1S/C24H24F2N2O3/c1-16(28-24(29)8-4-19-13-20(25)5-6-21(19)26)18-3-7-22(23(14-18)30-2)31-15-17-9-11-27-12-10-17/h3,5-7,9-14,16H,4,8,15H2,1-2H3,(H,28,29). The molecule has 1 heterocycles. The van der Waals surface area contributed by atoms with Crippen molar-refractivity contribution >= 4 is 5.91 Å². The van der Waals surface area contributed by atoms with Gasteiger partial charge >= 0.3 is 0 Å². The Balaban J connectivity index is 1.58. The maximum absolute atomic E-state index is 13.7. The molecule has 2 aromatic carbocycles. The third-order valence-electron chi connectivity index (χ3n) is 4.84. The van der Waals surface area contributed by atoms with Gasteiger partial charge in [-0.2, -0.15) is 0 Å². The first-order valence-corrected chi connectivity index (χ1v) is 9.89. The Bertz CT molecular complexity index is 1030. The molecular weight excluding hydrogens is 402 g/mol. The largest absolute Gasteiger partial charge is 0.493 e. The van der Waals surface area contributed by atoms with Gasteiger partial charge in [0.1, 0.15) is 18.2 Å². The second-order valence-electron chi connectivity index (χ2n) is 7.08. The smallest absolute Gasteiger partial charge is 0.220 e. The summed E-state index contributed by atoms with van der Waals surface area (Å²) >= 11 is 0. The monoisotopic (exact) mass is 426 g/mol. The van der Waals surface area contributed by atoms with Crippen molar-refractivity contribution in [3.8, 4) is 11.5 Å². The summed E-state index contributed by atoms with van der Waals surface area (Å²) in [6.07, 6.45) is 3.57. The first-order valence-electron chi connectivity index (χ1n) is 9.89. The molecule has 0 radical (unpaired) electrons. The summed E-state index contributed by atoms with van der Waals surface area (Å²) in [5.74, 6) is -0.163. The summed E-state index contributed by atoms with van der Waals surface area (Å²) < 4.78 is 38.2. The molecule has 0 saturated carbocycles. The topological polar surface area (TPSA) is 60.5 Å². The number of carbonyl (C=O) groups excluding carboxylic acids is 1. The fraction of sp³-hybridized carbons (Fsp3) is 0.250. The Hall–Kier alpha value is -3.48. The molecule has 0 bridgehead atoms. The van der Waals surface area contributed by atoms with Gasteiger partial charge in [-0.05, 0) is 72.5 Å². The molecule has 0 aliphatic rings. The fourth-order valence-corrected chi connectivity index (χ4v) is 3.09. The van der Waals surface area contributed by atoms with E-state index in [9.17, 15) is 13.6 Å². The van der Waals surface area contributed by atoms with Gasteiger partial charge in [-0.15, -0.1) is 0 Å². The van der Waals surface area contributed by atoms with Gasteiger partial charge in [0, 0.05) is 18.8 Å². The van der Waals surface area contributed by atoms with E-state index in [1.54, 1.807) is 31.6 Å². The van der Waals surface area contributed by atoms with E-state index in [1.807, 2.05) is 25.1 Å². The average molecular weight is 426 g/mol. The number of methoxy groups -OCH3 is 1. The lowest BCUT2D eigenvalue weighted by Crippen LogP contribution is -2.27. The number of aromatic nitrogens is 1. The molecule has 0 aliphatic carbocycles. The van der Waals surface area contributed by atoms with E-state index in [0.717, 1.165) is 29.3 Å². The second kappa shape index (κ2) is 10.5. The fourth-order valence-electron chi connectivity index (χ4n) is 3.09. The van der Waals surface area contributed by atoms with Crippen LogP contribution in [0.15, 0.2) is 60.9 Å². The number of ether oxygens (including phenoxy) is 2. The highest BCUT2D eigenvalue weighted by atomic mass is 19.1. The van der Waals surface area contributed by atoms with Crippen molar-refractivity contribution in [2.45, 2.75) is 32.4 Å². The molecule has 1 aromatic heterocycles. The molecule has 0 fully saturated rings. The summed E-state index contributed by atoms with van der Waals surface area (Å²) in [4.78, 5) is 16.3.